The Labute approximate surface area is 237 Å². The van der Waals surface area contributed by atoms with Gasteiger partial charge in [-0.2, -0.15) is 13.2 Å². The minimum Gasteiger partial charge on any atom is -0.378 e. The number of thiazole rings is 1. The van der Waals surface area contributed by atoms with E-state index in [-0.39, 0.29) is 23.3 Å². The number of piperazine rings is 1. The number of morpholine rings is 1. The van der Waals surface area contributed by atoms with Gasteiger partial charge in [-0.3, -0.25) is 14.5 Å². The van der Waals surface area contributed by atoms with E-state index in [9.17, 15) is 22.8 Å². The summed E-state index contributed by atoms with van der Waals surface area (Å²) in [7, 11) is 1.99. The third kappa shape index (κ3) is 6.09. The normalized spacial score (nSPS) is 20.4. The van der Waals surface area contributed by atoms with Gasteiger partial charge in [0.2, 0.25) is 5.56 Å². The molecule has 14 heteroatoms. The molecule has 0 spiro atoms. The number of hydrogen-bond donors (Lipinski definition) is 2. The summed E-state index contributed by atoms with van der Waals surface area (Å²) < 4.78 is 62.2. The summed E-state index contributed by atoms with van der Waals surface area (Å²) in [5, 5.41) is 3.28. The first kappa shape index (κ1) is 29.0. The molecule has 0 bridgehead atoms. The summed E-state index contributed by atoms with van der Waals surface area (Å²) in [6, 6.07) is 3.28. The van der Waals surface area contributed by atoms with Crippen LogP contribution in [-0.4, -0.2) is 79.3 Å². The fourth-order valence-electron chi connectivity index (χ4n) is 5.09. The third-order valence-electron chi connectivity index (χ3n) is 7.55. The van der Waals surface area contributed by atoms with Crippen LogP contribution in [0.3, 0.4) is 0 Å². The number of halogens is 4. The topological polar surface area (TPSA) is 93.8 Å². The number of nitrogens with one attached hydrogen (secondary N) is 2. The highest BCUT2D eigenvalue weighted by molar-refractivity contribution is 7.18. The highest BCUT2D eigenvalue weighted by Gasteiger charge is 2.36. The van der Waals surface area contributed by atoms with Crippen molar-refractivity contribution < 1.29 is 27.1 Å². The molecule has 2 atom stereocenters. The van der Waals surface area contributed by atoms with Crippen molar-refractivity contribution in [2.24, 2.45) is 0 Å². The number of aromatic nitrogens is 2. The van der Waals surface area contributed by atoms with Gasteiger partial charge in [0.05, 0.1) is 40.6 Å². The Morgan fingerprint density at radius 2 is 1.80 bits per heavy atom. The number of aromatic amines is 1. The number of carbonyl (C=O) groups excluding carboxylic acids is 1. The van der Waals surface area contributed by atoms with Crippen LogP contribution >= 0.6 is 11.3 Å². The van der Waals surface area contributed by atoms with Crippen LogP contribution in [0.2, 0.25) is 0 Å². The van der Waals surface area contributed by atoms with Gasteiger partial charge in [0.15, 0.2) is 5.13 Å². The first-order valence-corrected chi connectivity index (χ1v) is 13.9. The fraction of sp³-hybridized carbons (Fsp3) is 0.444. The van der Waals surface area contributed by atoms with E-state index >= 15 is 4.39 Å². The second-order valence-corrected chi connectivity index (χ2v) is 11.3. The first-order chi connectivity index (χ1) is 19.4. The zero-order chi connectivity index (χ0) is 29.5. The molecule has 4 heterocycles. The van der Waals surface area contributed by atoms with Gasteiger partial charge in [-0.25, -0.2) is 9.37 Å². The minimum atomic E-state index is -4.93. The maximum atomic E-state index is 15.7. The fourth-order valence-corrected chi connectivity index (χ4v) is 6.07. The number of nitrogens with zero attached hydrogens (tertiary/aromatic N) is 4. The van der Waals surface area contributed by atoms with E-state index in [0.29, 0.717) is 61.2 Å². The van der Waals surface area contributed by atoms with Gasteiger partial charge >= 0.3 is 6.18 Å². The van der Waals surface area contributed by atoms with Crippen LogP contribution in [0.15, 0.2) is 35.4 Å². The second kappa shape index (κ2) is 11.4. The number of amides is 1. The van der Waals surface area contributed by atoms with Crippen molar-refractivity contribution >= 4 is 33.8 Å². The van der Waals surface area contributed by atoms with E-state index in [4.69, 9.17) is 4.74 Å². The number of alkyl halides is 3. The molecular weight excluding hydrogens is 564 g/mol. The number of H-pyrrole nitrogens is 1. The van der Waals surface area contributed by atoms with E-state index in [1.54, 1.807) is 6.20 Å². The predicted octanol–water partition coefficient (Wildman–Crippen LogP) is 4.27. The van der Waals surface area contributed by atoms with E-state index in [1.807, 2.05) is 30.7 Å². The molecule has 2 fully saturated rings. The summed E-state index contributed by atoms with van der Waals surface area (Å²) in [4.78, 5) is 38.1. The van der Waals surface area contributed by atoms with Crippen LogP contribution < -0.4 is 20.7 Å². The maximum absolute atomic E-state index is 15.7. The summed E-state index contributed by atoms with van der Waals surface area (Å²) in [5.41, 5.74) is -2.43. The Morgan fingerprint density at radius 3 is 2.46 bits per heavy atom. The Balaban J connectivity index is 1.56. The molecule has 2 aromatic heterocycles. The molecule has 5 rings (SSSR count). The molecule has 2 aliphatic rings. The van der Waals surface area contributed by atoms with Crippen LogP contribution in [0.5, 0.6) is 0 Å². The first-order valence-electron chi connectivity index (χ1n) is 13.1. The van der Waals surface area contributed by atoms with Gasteiger partial charge in [0.25, 0.3) is 5.91 Å². The van der Waals surface area contributed by atoms with E-state index < -0.39 is 34.6 Å². The van der Waals surface area contributed by atoms with Crippen LogP contribution in [0.4, 0.5) is 34.1 Å². The Bertz CT molecular complexity index is 1470. The zero-order valence-electron chi connectivity index (χ0n) is 22.7. The Hall–Kier alpha value is -3.49. The lowest BCUT2D eigenvalue weighted by atomic mass is 10.0. The molecule has 41 heavy (non-hydrogen) atoms. The number of likely N-dealkylation sites (N-methyl/N-ethyl adjacent to an activating group) is 1. The second-order valence-electron chi connectivity index (χ2n) is 10.3. The summed E-state index contributed by atoms with van der Waals surface area (Å²) in [5.74, 6) is -1.63. The highest BCUT2D eigenvalue weighted by atomic mass is 32.1. The van der Waals surface area contributed by atoms with Gasteiger partial charge in [-0.1, -0.05) is 11.3 Å². The van der Waals surface area contributed by atoms with Crippen LogP contribution in [0.1, 0.15) is 29.8 Å². The van der Waals surface area contributed by atoms with Crippen LogP contribution in [-0.2, 0) is 10.9 Å². The lowest BCUT2D eigenvalue weighted by molar-refractivity contribution is -0.138. The van der Waals surface area contributed by atoms with E-state index in [0.717, 1.165) is 6.20 Å². The molecule has 2 aliphatic heterocycles. The zero-order valence-corrected chi connectivity index (χ0v) is 23.5. The predicted molar refractivity (Wildman–Crippen MR) is 149 cm³/mol. The van der Waals surface area contributed by atoms with Crippen molar-refractivity contribution in [2.45, 2.75) is 32.1 Å². The van der Waals surface area contributed by atoms with Crippen molar-refractivity contribution in [2.75, 3.05) is 61.6 Å². The molecular formula is C27H30F4N6O3S. The molecule has 220 valence electrons. The standard InChI is InChI=1S/C27H30F4N6O3S/c1-15-13-37(14-16(2)35(15)3)22-10-20(28)17(23-12-33-26(41-23)36-4-6-40-7-5-36)8-21(22)34-25(39)18-11-32-24(38)9-19(18)27(29,30)31/h8-12,15-16H,4-7,13-14H2,1-3H3,(H,32,38)(H,34,39)/t15-,16+. The molecule has 0 radical (unpaired) electrons. The molecule has 0 saturated carbocycles. The number of carbonyl (C=O) groups is 1. The number of rotatable bonds is 5. The molecule has 2 N–H and O–H groups in total. The summed E-state index contributed by atoms with van der Waals surface area (Å²) in [6.07, 6.45) is -2.65. The maximum Gasteiger partial charge on any atom is 0.417 e. The van der Waals surface area contributed by atoms with Gasteiger partial charge < -0.3 is 24.8 Å². The molecule has 2 saturated heterocycles. The molecule has 1 aromatic carbocycles. The van der Waals surface area contributed by atoms with Crippen molar-refractivity contribution in [3.63, 3.8) is 0 Å². The number of benzene rings is 1. The van der Waals surface area contributed by atoms with E-state index in [1.165, 1.54) is 23.5 Å². The van der Waals surface area contributed by atoms with Crippen molar-refractivity contribution in [3.8, 4) is 10.4 Å². The number of anilines is 3. The van der Waals surface area contributed by atoms with Gasteiger partial charge in [0, 0.05) is 62.3 Å². The number of hydrogen-bond acceptors (Lipinski definition) is 8. The van der Waals surface area contributed by atoms with Crippen LogP contribution in [0, 0.1) is 5.82 Å². The lowest BCUT2D eigenvalue weighted by Gasteiger charge is -2.44. The van der Waals surface area contributed by atoms with Crippen molar-refractivity contribution in [3.05, 3.63) is 57.9 Å². The third-order valence-corrected chi connectivity index (χ3v) is 8.64. The van der Waals surface area contributed by atoms with Crippen molar-refractivity contribution in [1.29, 1.82) is 0 Å². The van der Waals surface area contributed by atoms with Crippen molar-refractivity contribution in [1.82, 2.24) is 14.9 Å². The SMILES string of the molecule is C[C@@H]1CN(c2cc(F)c(-c3cnc(N4CCOCC4)s3)cc2NC(=O)c2c[nH]c(=O)cc2C(F)(F)F)C[C@H](C)N1C. The minimum absolute atomic E-state index is 0.0960. The summed E-state index contributed by atoms with van der Waals surface area (Å²) in [6.45, 7) is 7.47. The van der Waals surface area contributed by atoms with Gasteiger partial charge in [0.1, 0.15) is 5.82 Å². The largest absolute Gasteiger partial charge is 0.417 e. The smallest absolute Gasteiger partial charge is 0.378 e. The quantitative estimate of drug-likeness (QED) is 0.426. The highest BCUT2D eigenvalue weighted by Crippen LogP contribution is 2.40. The van der Waals surface area contributed by atoms with Gasteiger partial charge in [-0.15, -0.1) is 0 Å². The Kier molecular flexibility index (Phi) is 8.08. The van der Waals surface area contributed by atoms with E-state index in [2.05, 4.69) is 20.2 Å². The van der Waals surface area contributed by atoms with Crippen LogP contribution in [0.25, 0.3) is 10.4 Å². The Morgan fingerprint density at radius 1 is 1.12 bits per heavy atom. The summed E-state index contributed by atoms with van der Waals surface area (Å²) >= 11 is 1.28. The monoisotopic (exact) mass is 594 g/mol. The molecule has 1 amide bonds. The molecule has 3 aromatic rings. The number of pyridine rings is 1. The van der Waals surface area contributed by atoms with Gasteiger partial charge in [-0.05, 0) is 33.0 Å². The number of ether oxygens (including phenoxy) is 1. The molecule has 9 nitrogen and oxygen atoms in total. The molecule has 0 aliphatic carbocycles. The average Bonchev–Trinajstić information content (AvgIpc) is 3.42. The molecule has 0 unspecified atom stereocenters. The average molecular weight is 595 g/mol. The lowest BCUT2D eigenvalue weighted by Crippen LogP contribution is -2.55.